The minimum Gasteiger partial charge on any atom is -0.496 e. The molecule has 1 aliphatic rings. The maximum absolute atomic E-state index is 5.43. The van der Waals surface area contributed by atoms with Crippen LogP contribution >= 0.6 is 0 Å². The highest BCUT2D eigenvalue weighted by Gasteiger charge is 2.15. The second-order valence-corrected chi connectivity index (χ2v) is 3.34. The molecule has 1 nitrogen and oxygen atoms in total. The van der Waals surface area contributed by atoms with Crippen LogP contribution in [0.5, 0.6) is 0 Å². The van der Waals surface area contributed by atoms with Crippen LogP contribution in [0.25, 0.3) is 0 Å². The molecular weight excluding hydrogens is 172 g/mol. The minimum absolute atomic E-state index is 1.04. The Bertz CT molecular complexity index is 292. The number of rotatable bonds is 3. The van der Waals surface area contributed by atoms with Crippen molar-refractivity contribution in [1.82, 2.24) is 0 Å². The van der Waals surface area contributed by atoms with E-state index >= 15 is 0 Å². The first-order valence-electron chi connectivity index (χ1n) is 5.05. The molecule has 0 N–H and O–H groups in total. The molecule has 76 valence electrons. The van der Waals surface area contributed by atoms with Crippen LogP contribution in [0.3, 0.4) is 0 Å². The van der Waals surface area contributed by atoms with Crippen LogP contribution in [-0.2, 0) is 4.74 Å². The van der Waals surface area contributed by atoms with E-state index in [1.807, 2.05) is 19.1 Å². The summed E-state index contributed by atoms with van der Waals surface area (Å²) >= 11 is 0. The molecule has 1 aliphatic carbocycles. The largest absolute Gasteiger partial charge is 0.496 e. The van der Waals surface area contributed by atoms with E-state index < -0.39 is 0 Å². The molecule has 1 rings (SSSR count). The van der Waals surface area contributed by atoms with Crippen LogP contribution in [0.2, 0.25) is 0 Å². The van der Waals surface area contributed by atoms with E-state index in [9.17, 15) is 0 Å². The average Bonchev–Trinajstić information content (AvgIpc) is 2.19. The Kier molecular flexibility index (Phi) is 4.24. The van der Waals surface area contributed by atoms with E-state index in [1.165, 1.54) is 17.6 Å². The molecule has 0 saturated carbocycles. The highest BCUT2D eigenvalue weighted by molar-refractivity contribution is 5.40. The lowest BCUT2D eigenvalue weighted by Crippen LogP contribution is -2.03. The van der Waals surface area contributed by atoms with E-state index in [2.05, 4.69) is 18.7 Å². The quantitative estimate of drug-likeness (QED) is 0.658. The molecule has 0 fully saturated rings. The Morgan fingerprint density at radius 2 is 2.14 bits per heavy atom. The average molecular weight is 190 g/mol. The Balaban J connectivity index is 3.06. The van der Waals surface area contributed by atoms with E-state index in [4.69, 9.17) is 4.74 Å². The van der Waals surface area contributed by atoms with Gasteiger partial charge >= 0.3 is 0 Å². The van der Waals surface area contributed by atoms with Crippen molar-refractivity contribution in [1.29, 1.82) is 0 Å². The van der Waals surface area contributed by atoms with Gasteiger partial charge in [-0.05, 0) is 37.3 Å². The van der Waals surface area contributed by atoms with Crippen molar-refractivity contribution in [3.8, 4) is 0 Å². The highest BCUT2D eigenvalue weighted by Crippen LogP contribution is 2.30. The summed E-state index contributed by atoms with van der Waals surface area (Å²) in [5.74, 6) is 1.04. The fourth-order valence-electron chi connectivity index (χ4n) is 1.83. The van der Waals surface area contributed by atoms with Crippen LogP contribution in [0.1, 0.15) is 26.2 Å². The summed E-state index contributed by atoms with van der Waals surface area (Å²) in [5, 5.41) is 0. The van der Waals surface area contributed by atoms with Gasteiger partial charge in [-0.2, -0.15) is 0 Å². The summed E-state index contributed by atoms with van der Waals surface area (Å²) < 4.78 is 5.43. The molecule has 0 atom stereocenters. The SMILES string of the molecule is C=C/C=C1\CCCC(/C=C/C)=C1OC. The van der Waals surface area contributed by atoms with Gasteiger partial charge in [0.2, 0.25) is 0 Å². The number of hydrogen-bond acceptors (Lipinski definition) is 1. The third kappa shape index (κ3) is 2.38. The normalized spacial score (nSPS) is 20.6. The molecular formula is C13H18O. The summed E-state index contributed by atoms with van der Waals surface area (Å²) in [6.45, 7) is 5.76. The van der Waals surface area contributed by atoms with Gasteiger partial charge in [0.05, 0.1) is 7.11 Å². The van der Waals surface area contributed by atoms with Crippen molar-refractivity contribution >= 4 is 0 Å². The zero-order chi connectivity index (χ0) is 10.4. The standard InChI is InChI=1S/C13H18O/c1-4-7-11-9-6-10-12(8-5-2)13(11)14-3/h4-5,7-8H,1,6,9-10H2,2-3H3/b8-5+,11-7+. The number of hydrogen-bond donors (Lipinski definition) is 0. The maximum atomic E-state index is 5.43. The van der Waals surface area contributed by atoms with Gasteiger partial charge in [-0.3, -0.25) is 0 Å². The number of methoxy groups -OCH3 is 1. The molecule has 0 aliphatic heterocycles. The zero-order valence-electron chi connectivity index (χ0n) is 9.05. The minimum atomic E-state index is 1.04. The lowest BCUT2D eigenvalue weighted by molar-refractivity contribution is 0.288. The maximum Gasteiger partial charge on any atom is 0.125 e. The van der Waals surface area contributed by atoms with Gasteiger partial charge in [-0.1, -0.05) is 30.9 Å². The summed E-state index contributed by atoms with van der Waals surface area (Å²) in [5.41, 5.74) is 2.57. The molecule has 0 unspecified atom stereocenters. The van der Waals surface area contributed by atoms with Gasteiger partial charge in [-0.25, -0.2) is 0 Å². The van der Waals surface area contributed by atoms with Crippen molar-refractivity contribution in [3.05, 3.63) is 47.8 Å². The van der Waals surface area contributed by atoms with Gasteiger partial charge < -0.3 is 4.74 Å². The van der Waals surface area contributed by atoms with Crippen LogP contribution in [0, 0.1) is 0 Å². The van der Waals surface area contributed by atoms with Crippen LogP contribution in [-0.4, -0.2) is 7.11 Å². The van der Waals surface area contributed by atoms with Gasteiger partial charge in [0, 0.05) is 0 Å². The zero-order valence-corrected chi connectivity index (χ0v) is 9.05. The molecule has 0 bridgehead atoms. The third-order valence-corrected chi connectivity index (χ3v) is 2.37. The van der Waals surface area contributed by atoms with Gasteiger partial charge in [0.15, 0.2) is 0 Å². The van der Waals surface area contributed by atoms with Gasteiger partial charge in [-0.15, -0.1) is 0 Å². The third-order valence-electron chi connectivity index (χ3n) is 2.37. The molecule has 0 amide bonds. The lowest BCUT2D eigenvalue weighted by Gasteiger charge is -2.19. The second kappa shape index (κ2) is 5.48. The van der Waals surface area contributed by atoms with E-state index in [1.54, 1.807) is 7.11 Å². The molecule has 1 heteroatoms. The Hall–Kier alpha value is -1.24. The van der Waals surface area contributed by atoms with E-state index in [0.29, 0.717) is 0 Å². The van der Waals surface area contributed by atoms with Crippen LogP contribution in [0.15, 0.2) is 47.8 Å². The summed E-state index contributed by atoms with van der Waals surface area (Å²) in [4.78, 5) is 0. The Morgan fingerprint density at radius 1 is 1.36 bits per heavy atom. The van der Waals surface area contributed by atoms with E-state index in [-0.39, 0.29) is 0 Å². The fraction of sp³-hybridized carbons (Fsp3) is 0.385. The monoisotopic (exact) mass is 190 g/mol. The van der Waals surface area contributed by atoms with E-state index in [0.717, 1.165) is 18.6 Å². The summed E-state index contributed by atoms with van der Waals surface area (Å²) in [6.07, 6.45) is 11.5. The van der Waals surface area contributed by atoms with Crippen molar-refractivity contribution in [2.24, 2.45) is 0 Å². The summed E-state index contributed by atoms with van der Waals surface area (Å²) in [7, 11) is 1.74. The summed E-state index contributed by atoms with van der Waals surface area (Å²) in [6, 6.07) is 0. The first-order valence-corrected chi connectivity index (χ1v) is 5.05. The predicted molar refractivity (Wildman–Crippen MR) is 61.0 cm³/mol. The van der Waals surface area contributed by atoms with Gasteiger partial charge in [0.25, 0.3) is 0 Å². The molecule has 14 heavy (non-hydrogen) atoms. The van der Waals surface area contributed by atoms with Gasteiger partial charge in [0.1, 0.15) is 5.76 Å². The fourth-order valence-corrected chi connectivity index (χ4v) is 1.83. The molecule has 0 saturated heterocycles. The van der Waals surface area contributed by atoms with Crippen LogP contribution in [0.4, 0.5) is 0 Å². The first-order chi connectivity index (χ1) is 6.83. The molecule has 0 aromatic carbocycles. The second-order valence-electron chi connectivity index (χ2n) is 3.34. The van der Waals surface area contributed by atoms with Crippen molar-refractivity contribution in [2.75, 3.05) is 7.11 Å². The molecule has 0 spiro atoms. The number of allylic oxidation sites excluding steroid dienone is 6. The smallest absolute Gasteiger partial charge is 0.125 e. The molecule has 0 aromatic heterocycles. The predicted octanol–water partition coefficient (Wildman–Crippen LogP) is 3.76. The van der Waals surface area contributed by atoms with Crippen molar-refractivity contribution in [2.45, 2.75) is 26.2 Å². The van der Waals surface area contributed by atoms with Crippen LogP contribution < -0.4 is 0 Å². The molecule has 0 aromatic rings. The van der Waals surface area contributed by atoms with Crippen molar-refractivity contribution in [3.63, 3.8) is 0 Å². The highest BCUT2D eigenvalue weighted by atomic mass is 16.5. The van der Waals surface area contributed by atoms with Crippen molar-refractivity contribution < 1.29 is 4.74 Å². The lowest BCUT2D eigenvalue weighted by atomic mass is 9.92. The molecule has 0 heterocycles. The number of ether oxygens (including phenoxy) is 1. The molecule has 0 radical (unpaired) electrons. The Morgan fingerprint density at radius 3 is 2.71 bits per heavy atom. The first kappa shape index (κ1) is 10.8. The Labute approximate surface area is 86.5 Å². The topological polar surface area (TPSA) is 9.23 Å².